The van der Waals surface area contributed by atoms with Crippen LogP contribution in [0.2, 0.25) is 0 Å². The number of nitrogens with one attached hydrogen (secondary N) is 1. The minimum absolute atomic E-state index is 0.0339. The van der Waals surface area contributed by atoms with Crippen LogP contribution in [0, 0.1) is 0 Å². The van der Waals surface area contributed by atoms with Gasteiger partial charge in [0.2, 0.25) is 5.91 Å². The number of amides is 1. The number of alkyl halides is 3. The first kappa shape index (κ1) is 30.5. The maximum atomic E-state index is 14.3. The highest BCUT2D eigenvalue weighted by atomic mass is 19.4. The third-order valence-corrected chi connectivity index (χ3v) is 7.61. The SMILES string of the molecule is O=C(NCc1ccc(C(F)(F)F)cc1)C(c1cccc2ccccc12)N(Cc1ccccc1)[C@@H](Cc1ccccc1)C(=O)O. The van der Waals surface area contributed by atoms with Gasteiger partial charge in [0.05, 0.1) is 5.56 Å². The van der Waals surface area contributed by atoms with Crippen LogP contribution in [0.4, 0.5) is 13.2 Å². The van der Waals surface area contributed by atoms with E-state index in [1.54, 1.807) is 4.90 Å². The summed E-state index contributed by atoms with van der Waals surface area (Å²) in [7, 11) is 0. The number of carboxylic acid groups (broad SMARTS) is 1. The normalized spacial score (nSPS) is 13.0. The number of fused-ring (bicyclic) bond motifs is 1. The summed E-state index contributed by atoms with van der Waals surface area (Å²) in [5, 5.41) is 15.2. The van der Waals surface area contributed by atoms with E-state index in [1.807, 2.05) is 103 Å². The third kappa shape index (κ3) is 7.33. The van der Waals surface area contributed by atoms with Gasteiger partial charge in [-0.1, -0.05) is 115 Å². The van der Waals surface area contributed by atoms with Crippen molar-refractivity contribution in [3.05, 3.63) is 155 Å². The van der Waals surface area contributed by atoms with Gasteiger partial charge < -0.3 is 10.4 Å². The van der Waals surface area contributed by atoms with Crippen LogP contribution in [0.1, 0.15) is 33.9 Å². The smallest absolute Gasteiger partial charge is 0.416 e. The molecule has 0 aliphatic rings. The molecule has 0 bridgehead atoms. The molecule has 0 aliphatic heterocycles. The first-order chi connectivity index (χ1) is 21.2. The minimum atomic E-state index is -4.47. The van der Waals surface area contributed by atoms with E-state index in [9.17, 15) is 27.9 Å². The fraction of sp³-hybridized carbons (Fsp3) is 0.167. The Morgan fingerprint density at radius 1 is 0.705 bits per heavy atom. The lowest BCUT2D eigenvalue weighted by atomic mass is 9.93. The fourth-order valence-corrected chi connectivity index (χ4v) is 5.42. The molecule has 44 heavy (non-hydrogen) atoms. The second-order valence-electron chi connectivity index (χ2n) is 10.6. The number of rotatable bonds is 11. The first-order valence-electron chi connectivity index (χ1n) is 14.2. The Morgan fingerprint density at radius 2 is 1.30 bits per heavy atom. The molecule has 8 heteroatoms. The molecule has 0 radical (unpaired) electrons. The molecule has 0 fully saturated rings. The lowest BCUT2D eigenvalue weighted by molar-refractivity contribution is -0.146. The topological polar surface area (TPSA) is 69.6 Å². The number of carbonyl (C=O) groups is 2. The standard InChI is InChI=1S/C36H31F3N2O3/c37-36(38,39)29-20-18-26(19-21-29)23-40-34(42)33(31-17-9-15-28-14-7-8-16-30(28)31)41(24-27-12-5-2-6-13-27)32(35(43)44)22-25-10-3-1-4-11-25/h1-21,32-33H,22-24H2,(H,40,42)(H,43,44)/t32-,33?/m0/s1. The van der Waals surface area contributed by atoms with Crippen LogP contribution in [0.15, 0.2) is 127 Å². The summed E-state index contributed by atoms with van der Waals surface area (Å²) in [6.45, 7) is 0.125. The number of halogens is 3. The van der Waals surface area contributed by atoms with Crippen molar-refractivity contribution in [3.8, 4) is 0 Å². The average Bonchev–Trinajstić information content (AvgIpc) is 3.03. The highest BCUT2D eigenvalue weighted by Gasteiger charge is 2.37. The second kappa shape index (κ2) is 13.6. The summed E-state index contributed by atoms with van der Waals surface area (Å²) in [4.78, 5) is 29.0. The molecule has 224 valence electrons. The molecule has 0 saturated carbocycles. The monoisotopic (exact) mass is 596 g/mol. The van der Waals surface area contributed by atoms with Crippen molar-refractivity contribution in [2.75, 3.05) is 0 Å². The predicted octanol–water partition coefficient (Wildman–Crippen LogP) is 7.41. The lowest BCUT2D eigenvalue weighted by Crippen LogP contribution is -2.49. The van der Waals surface area contributed by atoms with Gasteiger partial charge in [0.25, 0.3) is 0 Å². The highest BCUT2D eigenvalue weighted by Crippen LogP contribution is 2.33. The van der Waals surface area contributed by atoms with E-state index < -0.39 is 35.7 Å². The average molecular weight is 597 g/mol. The molecule has 0 saturated heterocycles. The summed E-state index contributed by atoms with van der Waals surface area (Å²) < 4.78 is 39.3. The maximum absolute atomic E-state index is 14.3. The van der Waals surface area contributed by atoms with Crippen LogP contribution < -0.4 is 5.32 Å². The Morgan fingerprint density at radius 3 is 1.93 bits per heavy atom. The van der Waals surface area contributed by atoms with Crippen molar-refractivity contribution in [1.82, 2.24) is 10.2 Å². The molecular formula is C36H31F3N2O3. The summed E-state index contributed by atoms with van der Waals surface area (Å²) in [6, 6.07) is 34.3. The van der Waals surface area contributed by atoms with E-state index in [-0.39, 0.29) is 19.5 Å². The third-order valence-electron chi connectivity index (χ3n) is 7.61. The Labute approximate surface area is 253 Å². The van der Waals surface area contributed by atoms with Gasteiger partial charge >= 0.3 is 12.1 Å². The zero-order chi connectivity index (χ0) is 31.1. The summed E-state index contributed by atoms with van der Waals surface area (Å²) in [6.07, 6.45) is -4.32. The summed E-state index contributed by atoms with van der Waals surface area (Å²) >= 11 is 0. The number of hydrogen-bond donors (Lipinski definition) is 2. The Hall–Kier alpha value is -4.95. The van der Waals surface area contributed by atoms with Crippen molar-refractivity contribution in [2.24, 2.45) is 0 Å². The van der Waals surface area contributed by atoms with Crippen LogP contribution in [0.3, 0.4) is 0 Å². The number of carbonyl (C=O) groups excluding carboxylic acids is 1. The predicted molar refractivity (Wildman–Crippen MR) is 164 cm³/mol. The van der Waals surface area contributed by atoms with E-state index in [4.69, 9.17) is 0 Å². The van der Waals surface area contributed by atoms with E-state index in [2.05, 4.69) is 5.32 Å². The van der Waals surface area contributed by atoms with Crippen LogP contribution in [-0.4, -0.2) is 27.9 Å². The van der Waals surface area contributed by atoms with E-state index in [0.717, 1.165) is 34.0 Å². The van der Waals surface area contributed by atoms with Crippen molar-refractivity contribution in [3.63, 3.8) is 0 Å². The molecule has 1 unspecified atom stereocenters. The number of carboxylic acids is 1. The maximum Gasteiger partial charge on any atom is 0.416 e. The Balaban J connectivity index is 1.58. The number of aliphatic carboxylic acids is 1. The second-order valence-corrected chi connectivity index (χ2v) is 10.6. The van der Waals surface area contributed by atoms with Gasteiger partial charge in [-0.2, -0.15) is 13.2 Å². The Bertz CT molecular complexity index is 1700. The largest absolute Gasteiger partial charge is 0.480 e. The van der Waals surface area contributed by atoms with E-state index in [0.29, 0.717) is 11.1 Å². The van der Waals surface area contributed by atoms with Crippen molar-refractivity contribution in [2.45, 2.75) is 37.8 Å². The van der Waals surface area contributed by atoms with Gasteiger partial charge in [-0.15, -0.1) is 0 Å². The molecule has 1 amide bonds. The first-order valence-corrected chi connectivity index (χ1v) is 14.2. The molecule has 0 aliphatic carbocycles. The van der Waals surface area contributed by atoms with Crippen LogP contribution in [-0.2, 0) is 35.3 Å². The molecule has 0 heterocycles. The number of nitrogens with zero attached hydrogens (tertiary/aromatic N) is 1. The molecule has 2 N–H and O–H groups in total. The van der Waals surface area contributed by atoms with Gasteiger partial charge in [0, 0.05) is 13.1 Å². The zero-order valence-electron chi connectivity index (χ0n) is 23.7. The van der Waals surface area contributed by atoms with Crippen LogP contribution in [0.25, 0.3) is 10.8 Å². The fourth-order valence-electron chi connectivity index (χ4n) is 5.42. The lowest BCUT2D eigenvalue weighted by Gasteiger charge is -2.36. The quantitative estimate of drug-likeness (QED) is 0.167. The van der Waals surface area contributed by atoms with Gasteiger partial charge in [-0.25, -0.2) is 0 Å². The molecule has 5 rings (SSSR count). The van der Waals surface area contributed by atoms with Crippen molar-refractivity contribution < 1.29 is 27.9 Å². The molecule has 0 aromatic heterocycles. The molecule has 5 aromatic carbocycles. The molecule has 5 aromatic rings. The van der Waals surface area contributed by atoms with Gasteiger partial charge in [0.15, 0.2) is 0 Å². The minimum Gasteiger partial charge on any atom is -0.480 e. The Kier molecular flexibility index (Phi) is 9.41. The van der Waals surface area contributed by atoms with Gasteiger partial charge in [-0.3, -0.25) is 14.5 Å². The number of benzene rings is 5. The van der Waals surface area contributed by atoms with Gasteiger partial charge in [0.1, 0.15) is 12.1 Å². The number of hydrogen-bond acceptors (Lipinski definition) is 3. The highest BCUT2D eigenvalue weighted by molar-refractivity contribution is 5.93. The van der Waals surface area contributed by atoms with Crippen LogP contribution in [0.5, 0.6) is 0 Å². The summed E-state index contributed by atoms with van der Waals surface area (Å²) in [5.74, 6) is -1.54. The van der Waals surface area contributed by atoms with E-state index in [1.165, 1.54) is 12.1 Å². The zero-order valence-corrected chi connectivity index (χ0v) is 23.7. The molecule has 0 spiro atoms. The molecule has 2 atom stereocenters. The van der Waals surface area contributed by atoms with Crippen molar-refractivity contribution >= 4 is 22.6 Å². The van der Waals surface area contributed by atoms with Crippen molar-refractivity contribution in [1.29, 1.82) is 0 Å². The molecular weight excluding hydrogens is 565 g/mol. The molecule has 5 nitrogen and oxygen atoms in total. The van der Waals surface area contributed by atoms with E-state index >= 15 is 0 Å². The summed E-state index contributed by atoms with van der Waals surface area (Å²) in [5.41, 5.74) is 1.97. The van der Waals surface area contributed by atoms with Crippen LogP contribution >= 0.6 is 0 Å². The van der Waals surface area contributed by atoms with Gasteiger partial charge in [-0.05, 0) is 51.6 Å².